The predicted octanol–water partition coefficient (Wildman–Crippen LogP) is 2.56. The number of amides is 1. The largest absolute Gasteiger partial charge is 0.573 e. The molecule has 5 rings (SSSR count). The number of fused-ring (bicyclic) bond motifs is 3. The van der Waals surface area contributed by atoms with Crippen molar-refractivity contribution < 1.29 is 27.1 Å². The van der Waals surface area contributed by atoms with Crippen LogP contribution in [0.5, 0.6) is 5.75 Å². The standard InChI is InChI=1S/C23H24F4N8O2/c24-5-8-35-20-15(19(33-35)21(28)36)3-1-13-12-30-22(32-18(13)20)31-16-11-14(34-9-6-29-7-10-34)2-4-17(16)37-23(25,26)27/h2,4,11-12,29H,1,3,5-10H2,(H2,28,36)(H,30,31,32). The number of hydrogen-bond donors (Lipinski definition) is 3. The minimum atomic E-state index is -4.90. The first kappa shape index (κ1) is 24.7. The van der Waals surface area contributed by atoms with Crippen molar-refractivity contribution in [3.8, 4) is 17.1 Å². The van der Waals surface area contributed by atoms with Crippen molar-refractivity contribution in [1.82, 2.24) is 25.1 Å². The lowest BCUT2D eigenvalue weighted by molar-refractivity contribution is -0.274. The van der Waals surface area contributed by atoms with Gasteiger partial charge in [0, 0.05) is 43.6 Å². The van der Waals surface area contributed by atoms with Crippen LogP contribution in [-0.4, -0.2) is 64.9 Å². The lowest BCUT2D eigenvalue weighted by atomic mass is 9.93. The number of alkyl halides is 4. The molecular formula is C23H24F4N8O2. The molecule has 3 heterocycles. The molecule has 1 aliphatic heterocycles. The highest BCUT2D eigenvalue weighted by atomic mass is 19.4. The molecule has 1 saturated heterocycles. The quantitative estimate of drug-likeness (QED) is 0.407. The second-order valence-electron chi connectivity index (χ2n) is 8.61. The van der Waals surface area contributed by atoms with Crippen LogP contribution in [0, 0.1) is 0 Å². The number of nitrogens with two attached hydrogens (primary N) is 1. The Kier molecular flexibility index (Phi) is 6.58. The van der Waals surface area contributed by atoms with Gasteiger partial charge in [0.15, 0.2) is 11.4 Å². The molecule has 196 valence electrons. The first-order valence-electron chi connectivity index (χ1n) is 11.7. The molecule has 1 aromatic carbocycles. The van der Waals surface area contributed by atoms with Crippen LogP contribution in [0.3, 0.4) is 0 Å². The third-order valence-electron chi connectivity index (χ3n) is 6.23. The Balaban J connectivity index is 1.54. The topological polar surface area (TPSA) is 123 Å². The molecule has 0 radical (unpaired) electrons. The molecule has 0 bridgehead atoms. The van der Waals surface area contributed by atoms with Crippen molar-refractivity contribution in [3.05, 3.63) is 41.2 Å². The van der Waals surface area contributed by atoms with Crippen LogP contribution in [-0.2, 0) is 19.4 Å². The number of carbonyl (C=O) groups excluding carboxylic acids is 1. The van der Waals surface area contributed by atoms with E-state index >= 15 is 0 Å². The van der Waals surface area contributed by atoms with E-state index in [9.17, 15) is 22.4 Å². The van der Waals surface area contributed by atoms with E-state index in [4.69, 9.17) is 5.73 Å². The highest BCUT2D eigenvalue weighted by Crippen LogP contribution is 2.37. The summed E-state index contributed by atoms with van der Waals surface area (Å²) in [4.78, 5) is 22.8. The zero-order valence-electron chi connectivity index (χ0n) is 19.6. The SMILES string of the molecule is NC(=O)c1nn(CCF)c2c1CCc1cnc(Nc3cc(N4CCNCC4)ccc3OC(F)(F)F)nc1-2. The molecule has 0 saturated carbocycles. The number of ether oxygens (including phenoxy) is 1. The van der Waals surface area contributed by atoms with E-state index in [0.717, 1.165) is 18.7 Å². The van der Waals surface area contributed by atoms with Crippen LogP contribution in [0.4, 0.5) is 34.9 Å². The van der Waals surface area contributed by atoms with Gasteiger partial charge >= 0.3 is 6.36 Å². The van der Waals surface area contributed by atoms with Gasteiger partial charge in [-0.2, -0.15) is 5.10 Å². The molecular weight excluding hydrogens is 496 g/mol. The van der Waals surface area contributed by atoms with Gasteiger partial charge in [0.2, 0.25) is 5.95 Å². The third kappa shape index (κ3) is 5.14. The molecule has 14 heteroatoms. The van der Waals surface area contributed by atoms with Gasteiger partial charge in [-0.15, -0.1) is 13.2 Å². The number of carbonyl (C=O) groups is 1. The van der Waals surface area contributed by atoms with E-state index in [-0.39, 0.29) is 23.9 Å². The molecule has 10 nitrogen and oxygen atoms in total. The number of primary amides is 1. The number of aromatic nitrogens is 4. The summed E-state index contributed by atoms with van der Waals surface area (Å²) in [6.07, 6.45) is -2.41. The summed E-state index contributed by atoms with van der Waals surface area (Å²) in [5.74, 6) is -1.17. The molecule has 2 aliphatic rings. The summed E-state index contributed by atoms with van der Waals surface area (Å²) in [5.41, 5.74) is 8.40. The van der Waals surface area contributed by atoms with Gasteiger partial charge in [0.05, 0.1) is 23.6 Å². The van der Waals surface area contributed by atoms with Gasteiger partial charge in [-0.05, 0) is 36.6 Å². The summed E-state index contributed by atoms with van der Waals surface area (Å²) in [7, 11) is 0. The lowest BCUT2D eigenvalue weighted by Gasteiger charge is -2.30. The molecule has 0 spiro atoms. The molecule has 0 atom stereocenters. The van der Waals surface area contributed by atoms with E-state index in [2.05, 4.69) is 30.4 Å². The molecule has 4 N–H and O–H groups in total. The number of nitrogens with one attached hydrogen (secondary N) is 2. The number of nitrogens with zero attached hydrogens (tertiary/aromatic N) is 5. The van der Waals surface area contributed by atoms with E-state index in [0.29, 0.717) is 48.6 Å². The minimum absolute atomic E-state index is 0.00436. The van der Waals surface area contributed by atoms with Crippen molar-refractivity contribution in [2.75, 3.05) is 43.1 Å². The van der Waals surface area contributed by atoms with Crippen LogP contribution < -0.4 is 26.0 Å². The zero-order valence-corrected chi connectivity index (χ0v) is 19.6. The van der Waals surface area contributed by atoms with Crippen molar-refractivity contribution in [1.29, 1.82) is 0 Å². The number of piperazine rings is 1. The van der Waals surface area contributed by atoms with Gasteiger partial charge in [-0.3, -0.25) is 9.48 Å². The van der Waals surface area contributed by atoms with Crippen molar-refractivity contribution in [2.24, 2.45) is 5.73 Å². The fourth-order valence-corrected chi connectivity index (χ4v) is 4.62. The van der Waals surface area contributed by atoms with Gasteiger partial charge in [-0.1, -0.05) is 0 Å². The third-order valence-corrected chi connectivity index (χ3v) is 6.23. The summed E-state index contributed by atoms with van der Waals surface area (Å²) in [6.45, 7) is 2.04. The Bertz CT molecular complexity index is 1320. The van der Waals surface area contributed by atoms with Crippen LogP contribution in [0.2, 0.25) is 0 Å². The monoisotopic (exact) mass is 520 g/mol. The van der Waals surface area contributed by atoms with E-state index in [1.165, 1.54) is 10.7 Å². The van der Waals surface area contributed by atoms with Crippen LogP contribution in [0.25, 0.3) is 11.4 Å². The summed E-state index contributed by atoms with van der Waals surface area (Å²) in [5, 5.41) is 10.3. The fourth-order valence-electron chi connectivity index (χ4n) is 4.62. The van der Waals surface area contributed by atoms with Crippen molar-refractivity contribution in [2.45, 2.75) is 25.7 Å². The summed E-state index contributed by atoms with van der Waals surface area (Å²) in [6, 6.07) is 4.37. The van der Waals surface area contributed by atoms with E-state index in [1.807, 2.05) is 4.90 Å². The van der Waals surface area contributed by atoms with Gasteiger partial charge in [0.25, 0.3) is 5.91 Å². The van der Waals surface area contributed by atoms with Gasteiger partial charge in [0.1, 0.15) is 6.67 Å². The van der Waals surface area contributed by atoms with Crippen molar-refractivity contribution >= 4 is 23.2 Å². The molecule has 0 unspecified atom stereocenters. The van der Waals surface area contributed by atoms with Gasteiger partial charge in [-0.25, -0.2) is 14.4 Å². The average molecular weight is 520 g/mol. The van der Waals surface area contributed by atoms with E-state index < -0.39 is 24.7 Å². The smallest absolute Gasteiger partial charge is 0.404 e. The Hall–Kier alpha value is -3.94. The zero-order chi connectivity index (χ0) is 26.2. The highest BCUT2D eigenvalue weighted by molar-refractivity contribution is 5.94. The van der Waals surface area contributed by atoms with Crippen LogP contribution in [0.15, 0.2) is 24.4 Å². The number of benzene rings is 1. The second kappa shape index (κ2) is 9.84. The number of halogens is 4. The van der Waals surface area contributed by atoms with Crippen LogP contribution >= 0.6 is 0 Å². The predicted molar refractivity (Wildman–Crippen MR) is 127 cm³/mol. The summed E-state index contributed by atoms with van der Waals surface area (Å²) >= 11 is 0. The molecule has 1 amide bonds. The Morgan fingerprint density at radius 3 is 2.70 bits per heavy atom. The first-order chi connectivity index (χ1) is 17.7. The maximum atomic E-state index is 13.2. The highest BCUT2D eigenvalue weighted by Gasteiger charge is 2.33. The normalized spacial score (nSPS) is 15.2. The Morgan fingerprint density at radius 1 is 1.22 bits per heavy atom. The summed E-state index contributed by atoms with van der Waals surface area (Å²) < 4.78 is 58.2. The first-order valence-corrected chi connectivity index (χ1v) is 11.7. The Labute approximate surface area is 208 Å². The Morgan fingerprint density at radius 2 is 2.00 bits per heavy atom. The lowest BCUT2D eigenvalue weighted by Crippen LogP contribution is -2.43. The van der Waals surface area contributed by atoms with Gasteiger partial charge < -0.3 is 26.0 Å². The van der Waals surface area contributed by atoms with Crippen molar-refractivity contribution in [3.63, 3.8) is 0 Å². The average Bonchev–Trinajstić information content (AvgIpc) is 3.24. The maximum absolute atomic E-state index is 13.2. The second-order valence-corrected chi connectivity index (χ2v) is 8.61. The molecule has 1 fully saturated rings. The maximum Gasteiger partial charge on any atom is 0.573 e. The molecule has 37 heavy (non-hydrogen) atoms. The molecule has 1 aliphatic carbocycles. The number of anilines is 3. The number of aryl methyl sites for hydroxylation is 2. The molecule has 2 aromatic heterocycles. The molecule has 3 aromatic rings. The van der Waals surface area contributed by atoms with E-state index in [1.54, 1.807) is 18.3 Å². The van der Waals surface area contributed by atoms with Crippen LogP contribution in [0.1, 0.15) is 21.6 Å². The fraction of sp³-hybridized carbons (Fsp3) is 0.391. The number of rotatable bonds is 7. The minimum Gasteiger partial charge on any atom is -0.404 e. The number of hydrogen-bond acceptors (Lipinski definition) is 8.